The van der Waals surface area contributed by atoms with Crippen LogP contribution in [0.1, 0.15) is 31.1 Å². The Bertz CT molecular complexity index is 444. The molecule has 0 N–H and O–H groups in total. The van der Waals surface area contributed by atoms with Crippen molar-refractivity contribution < 1.29 is 22.8 Å². The first-order chi connectivity index (χ1) is 10.7. The summed E-state index contributed by atoms with van der Waals surface area (Å²) in [5.74, 6) is -0.359. The van der Waals surface area contributed by atoms with E-state index in [4.69, 9.17) is 18.0 Å². The molecule has 0 aliphatic heterocycles. The van der Waals surface area contributed by atoms with E-state index in [1.54, 1.807) is 36.0 Å². The highest BCUT2D eigenvalue weighted by Gasteiger charge is 2.37. The van der Waals surface area contributed by atoms with Crippen molar-refractivity contribution in [1.82, 2.24) is 0 Å². The largest absolute Gasteiger partial charge is 0.529 e. The number of esters is 1. The smallest absolute Gasteiger partial charge is 0.458 e. The first kappa shape index (κ1) is 18.6. The molecular formula is C16H24O5Si. The van der Waals surface area contributed by atoms with E-state index in [1.165, 1.54) is 0 Å². The molecule has 122 valence electrons. The Hall–Kier alpha value is -1.47. The molecule has 0 amide bonds. The summed E-state index contributed by atoms with van der Waals surface area (Å²) in [6.07, 6.45) is 1.72. The summed E-state index contributed by atoms with van der Waals surface area (Å²) in [6, 6.07) is 8.87. The number of benzene rings is 1. The molecule has 0 saturated heterocycles. The summed E-state index contributed by atoms with van der Waals surface area (Å²) in [4.78, 5) is 11.8. The predicted octanol–water partition coefficient (Wildman–Crippen LogP) is 2.99. The molecule has 22 heavy (non-hydrogen) atoms. The average molecular weight is 324 g/mol. The minimum absolute atomic E-state index is 0.149. The van der Waals surface area contributed by atoms with E-state index in [-0.39, 0.29) is 12.6 Å². The molecule has 6 heteroatoms. The van der Waals surface area contributed by atoms with E-state index in [2.05, 4.69) is 0 Å². The van der Waals surface area contributed by atoms with Crippen LogP contribution in [0.15, 0.2) is 42.1 Å². The van der Waals surface area contributed by atoms with Gasteiger partial charge in [-0.1, -0.05) is 18.2 Å². The van der Waals surface area contributed by atoms with Crippen LogP contribution in [-0.2, 0) is 18.0 Å². The van der Waals surface area contributed by atoms with Crippen LogP contribution in [0.4, 0.5) is 0 Å². The zero-order chi connectivity index (χ0) is 16.3. The van der Waals surface area contributed by atoms with Crippen molar-refractivity contribution in [3.05, 3.63) is 47.7 Å². The molecule has 0 saturated carbocycles. The number of ether oxygens (including phenoxy) is 1. The third-order valence-electron chi connectivity index (χ3n) is 2.68. The molecule has 0 spiro atoms. The highest BCUT2D eigenvalue weighted by molar-refractivity contribution is 6.66. The fraction of sp³-hybridized carbons (Fsp3) is 0.438. The maximum atomic E-state index is 11.8. The quantitative estimate of drug-likeness (QED) is 0.489. The lowest BCUT2D eigenvalue weighted by molar-refractivity contribution is 0.0546. The number of carbonyl (C=O) groups excluding carboxylic acids is 1. The van der Waals surface area contributed by atoms with Crippen LogP contribution in [0.5, 0.6) is 0 Å². The summed E-state index contributed by atoms with van der Waals surface area (Å²) in [7, 11) is -2.82. The summed E-state index contributed by atoms with van der Waals surface area (Å²) >= 11 is 0. The molecule has 0 aromatic heterocycles. The maximum absolute atomic E-state index is 11.8. The molecule has 0 aliphatic carbocycles. The molecule has 0 bridgehead atoms. The van der Waals surface area contributed by atoms with Gasteiger partial charge in [0.1, 0.15) is 6.61 Å². The van der Waals surface area contributed by atoms with Gasteiger partial charge in [-0.2, -0.15) is 0 Å². The van der Waals surface area contributed by atoms with Crippen LogP contribution < -0.4 is 0 Å². The standard InChI is InChI=1S/C16H24O5Si/c1-4-19-22(20-5-2,21-6-3)14-10-13-18-16(17)15-11-8-7-9-12-15/h7-12,14H,4-6,13H2,1-3H3/b14-10+. The van der Waals surface area contributed by atoms with Gasteiger partial charge in [0, 0.05) is 19.8 Å². The highest BCUT2D eigenvalue weighted by atomic mass is 28.4. The second-order valence-electron chi connectivity index (χ2n) is 4.27. The van der Waals surface area contributed by atoms with Gasteiger partial charge in [-0.3, -0.25) is 0 Å². The van der Waals surface area contributed by atoms with Crippen LogP contribution in [0.2, 0.25) is 0 Å². The van der Waals surface area contributed by atoms with E-state index < -0.39 is 8.80 Å². The second-order valence-corrected chi connectivity index (χ2v) is 6.68. The van der Waals surface area contributed by atoms with Crippen LogP contribution in [0.25, 0.3) is 0 Å². The molecule has 0 fully saturated rings. The third-order valence-corrected chi connectivity index (χ3v) is 5.40. The number of hydrogen-bond acceptors (Lipinski definition) is 5. The zero-order valence-electron chi connectivity index (χ0n) is 13.4. The average Bonchev–Trinajstić information content (AvgIpc) is 2.53. The van der Waals surface area contributed by atoms with Crippen LogP contribution in [0, 0.1) is 0 Å². The number of carbonyl (C=O) groups is 1. The van der Waals surface area contributed by atoms with Gasteiger partial charge in [0.15, 0.2) is 0 Å². The summed E-state index contributed by atoms with van der Waals surface area (Å²) in [5.41, 5.74) is 2.29. The minimum atomic E-state index is -2.82. The molecule has 5 nitrogen and oxygen atoms in total. The van der Waals surface area contributed by atoms with E-state index in [0.717, 1.165) is 0 Å². The Labute approximate surface area is 133 Å². The Morgan fingerprint density at radius 3 is 2.05 bits per heavy atom. The topological polar surface area (TPSA) is 54.0 Å². The van der Waals surface area contributed by atoms with E-state index in [9.17, 15) is 4.79 Å². The molecule has 1 rings (SSSR count). The van der Waals surface area contributed by atoms with Gasteiger partial charge in [0.25, 0.3) is 0 Å². The number of rotatable bonds is 10. The van der Waals surface area contributed by atoms with Crippen molar-refractivity contribution in [3.63, 3.8) is 0 Å². The molecular weight excluding hydrogens is 300 g/mol. The molecule has 1 aromatic carbocycles. The summed E-state index contributed by atoms with van der Waals surface area (Å²) in [5, 5.41) is 0. The van der Waals surface area contributed by atoms with Crippen molar-refractivity contribution in [1.29, 1.82) is 0 Å². The van der Waals surface area contributed by atoms with Crippen LogP contribution >= 0.6 is 0 Å². The van der Waals surface area contributed by atoms with E-state index >= 15 is 0 Å². The highest BCUT2D eigenvalue weighted by Crippen LogP contribution is 2.12. The Kier molecular flexibility index (Phi) is 8.68. The Morgan fingerprint density at radius 1 is 1.00 bits per heavy atom. The fourth-order valence-corrected chi connectivity index (χ4v) is 3.98. The monoisotopic (exact) mass is 324 g/mol. The Morgan fingerprint density at radius 2 is 1.55 bits per heavy atom. The predicted molar refractivity (Wildman–Crippen MR) is 86.5 cm³/mol. The normalized spacial score (nSPS) is 11.8. The maximum Gasteiger partial charge on any atom is 0.529 e. The van der Waals surface area contributed by atoms with Crippen molar-refractivity contribution >= 4 is 14.8 Å². The lowest BCUT2D eigenvalue weighted by Gasteiger charge is -2.25. The zero-order valence-corrected chi connectivity index (χ0v) is 14.4. The Balaban J connectivity index is 2.58. The van der Waals surface area contributed by atoms with Gasteiger partial charge in [-0.05, 0) is 44.7 Å². The van der Waals surface area contributed by atoms with Crippen LogP contribution in [-0.4, -0.2) is 41.2 Å². The van der Waals surface area contributed by atoms with Gasteiger partial charge in [-0.15, -0.1) is 0 Å². The SMILES string of the molecule is CCO[Si](/C=C/COC(=O)c1ccccc1)(OCC)OCC. The van der Waals surface area contributed by atoms with Gasteiger partial charge in [-0.25, -0.2) is 4.79 Å². The van der Waals surface area contributed by atoms with Crippen LogP contribution in [0.3, 0.4) is 0 Å². The number of hydrogen-bond donors (Lipinski definition) is 0. The minimum Gasteiger partial charge on any atom is -0.458 e. The molecule has 0 aliphatic rings. The third kappa shape index (κ3) is 6.11. The van der Waals surface area contributed by atoms with Gasteiger partial charge >= 0.3 is 14.8 Å². The van der Waals surface area contributed by atoms with Crippen molar-refractivity contribution in [3.8, 4) is 0 Å². The van der Waals surface area contributed by atoms with Gasteiger partial charge < -0.3 is 18.0 Å². The van der Waals surface area contributed by atoms with E-state index in [0.29, 0.717) is 25.4 Å². The van der Waals surface area contributed by atoms with Crippen molar-refractivity contribution in [2.75, 3.05) is 26.4 Å². The molecule has 0 heterocycles. The lowest BCUT2D eigenvalue weighted by atomic mass is 10.2. The molecule has 0 atom stereocenters. The first-order valence-electron chi connectivity index (χ1n) is 7.49. The second kappa shape index (κ2) is 10.3. The van der Waals surface area contributed by atoms with Crippen molar-refractivity contribution in [2.45, 2.75) is 20.8 Å². The van der Waals surface area contributed by atoms with Crippen molar-refractivity contribution in [2.24, 2.45) is 0 Å². The molecule has 1 aromatic rings. The van der Waals surface area contributed by atoms with Gasteiger partial charge in [0.2, 0.25) is 0 Å². The first-order valence-corrected chi connectivity index (χ1v) is 9.29. The summed E-state index contributed by atoms with van der Waals surface area (Å²) in [6.45, 7) is 7.33. The summed E-state index contributed by atoms with van der Waals surface area (Å²) < 4.78 is 22.2. The fourth-order valence-electron chi connectivity index (χ4n) is 1.85. The molecule has 0 unspecified atom stereocenters. The van der Waals surface area contributed by atoms with Gasteiger partial charge in [0.05, 0.1) is 5.56 Å². The lowest BCUT2D eigenvalue weighted by Crippen LogP contribution is -2.44. The molecule has 0 radical (unpaired) electrons. The van der Waals surface area contributed by atoms with E-state index in [1.807, 2.05) is 26.8 Å².